The van der Waals surface area contributed by atoms with Gasteiger partial charge in [-0.3, -0.25) is 4.79 Å². The summed E-state index contributed by atoms with van der Waals surface area (Å²) >= 11 is 0. The monoisotopic (exact) mass is 455 g/mol. The number of rotatable bonds is 5. The topological polar surface area (TPSA) is 123 Å². The molecule has 3 aromatic heterocycles. The lowest BCUT2D eigenvalue weighted by atomic mass is 9.84. The highest BCUT2D eigenvalue weighted by atomic mass is 16.1. The molecule has 0 unspecified atom stereocenters. The number of hydrogen-bond donors (Lipinski definition) is 2. The first kappa shape index (κ1) is 21.2. The minimum Gasteiger partial charge on any atom is -0.350 e. The van der Waals surface area contributed by atoms with Crippen LogP contribution in [0.3, 0.4) is 0 Å². The number of carbonyl (C=O) groups is 1. The van der Waals surface area contributed by atoms with Crippen molar-refractivity contribution in [3.63, 3.8) is 0 Å². The molecule has 8 nitrogen and oxygen atoms in total. The standard InChI is InChI=1S/C26H29N7O/c27-11-5-17-1-3-18(4-2-17)33-21(31-20-14-30-24-19(23(20)33)6-12-29-24)13-22(34)32-26-9-7-25(15-26,16-28)8-10-26/h6,12,14,17-18H,1-5,7-10,13,15H2,(H,29,30)(H,32,34). The summed E-state index contributed by atoms with van der Waals surface area (Å²) in [4.78, 5) is 25.9. The summed E-state index contributed by atoms with van der Waals surface area (Å²) in [5.41, 5.74) is 2.22. The van der Waals surface area contributed by atoms with Gasteiger partial charge in [0.05, 0.1) is 35.7 Å². The predicted molar refractivity (Wildman–Crippen MR) is 126 cm³/mol. The van der Waals surface area contributed by atoms with Crippen molar-refractivity contribution >= 4 is 28.0 Å². The quantitative estimate of drug-likeness (QED) is 0.588. The van der Waals surface area contributed by atoms with Crippen LogP contribution in [-0.2, 0) is 11.2 Å². The van der Waals surface area contributed by atoms with E-state index in [0.717, 1.165) is 85.7 Å². The number of nitrogens with zero attached hydrogens (tertiary/aromatic N) is 5. The van der Waals surface area contributed by atoms with Crippen LogP contribution >= 0.6 is 0 Å². The lowest BCUT2D eigenvalue weighted by Gasteiger charge is -2.30. The molecule has 0 saturated heterocycles. The third kappa shape index (κ3) is 3.36. The summed E-state index contributed by atoms with van der Waals surface area (Å²) in [5, 5.41) is 23.1. The molecule has 1 amide bonds. The maximum Gasteiger partial charge on any atom is 0.228 e. The Hall–Kier alpha value is -3.39. The molecular formula is C26H29N7O. The highest BCUT2D eigenvalue weighted by Crippen LogP contribution is 2.56. The molecule has 0 spiro atoms. The van der Waals surface area contributed by atoms with Gasteiger partial charge in [0.15, 0.2) is 0 Å². The minimum absolute atomic E-state index is 0.0105. The molecule has 8 heteroatoms. The van der Waals surface area contributed by atoms with Crippen LogP contribution in [0.1, 0.15) is 76.1 Å². The molecule has 6 rings (SSSR count). The van der Waals surface area contributed by atoms with Gasteiger partial charge < -0.3 is 14.9 Å². The molecule has 3 aliphatic carbocycles. The zero-order valence-electron chi connectivity index (χ0n) is 19.3. The second kappa shape index (κ2) is 7.84. The Balaban J connectivity index is 1.31. The van der Waals surface area contributed by atoms with Crippen molar-refractivity contribution in [1.29, 1.82) is 10.5 Å². The third-order valence-corrected chi connectivity index (χ3v) is 8.67. The van der Waals surface area contributed by atoms with Gasteiger partial charge in [-0.15, -0.1) is 0 Å². The number of carbonyl (C=O) groups excluding carboxylic acids is 1. The number of aromatic nitrogens is 4. The summed E-state index contributed by atoms with van der Waals surface area (Å²) in [7, 11) is 0. The summed E-state index contributed by atoms with van der Waals surface area (Å²) in [6.45, 7) is 0. The van der Waals surface area contributed by atoms with Gasteiger partial charge >= 0.3 is 0 Å². The van der Waals surface area contributed by atoms with E-state index in [2.05, 4.69) is 32.0 Å². The molecule has 3 heterocycles. The number of pyridine rings is 1. The van der Waals surface area contributed by atoms with Crippen molar-refractivity contribution in [2.45, 2.75) is 82.2 Å². The Bertz CT molecular complexity index is 1340. The van der Waals surface area contributed by atoms with Gasteiger partial charge in [0, 0.05) is 29.6 Å². The minimum atomic E-state index is -0.242. The highest BCUT2D eigenvalue weighted by molar-refractivity contribution is 6.01. The van der Waals surface area contributed by atoms with Crippen LogP contribution in [0.4, 0.5) is 0 Å². The molecule has 0 aromatic carbocycles. The maximum absolute atomic E-state index is 13.3. The van der Waals surface area contributed by atoms with Crippen LogP contribution in [0.15, 0.2) is 18.5 Å². The SMILES string of the molecule is N#CCC1CCC(n2c(CC(=O)NC34CCC(C#N)(CC3)C4)nc3cnc4[nH]ccc4c32)CC1. The van der Waals surface area contributed by atoms with Crippen molar-refractivity contribution in [2.24, 2.45) is 11.3 Å². The normalized spacial score (nSPS) is 30.4. The average Bonchev–Trinajstić information content (AvgIpc) is 3.60. The van der Waals surface area contributed by atoms with E-state index >= 15 is 0 Å². The number of aromatic amines is 1. The van der Waals surface area contributed by atoms with E-state index in [9.17, 15) is 10.1 Å². The summed E-state index contributed by atoms with van der Waals surface area (Å²) in [5.74, 6) is 1.23. The molecule has 3 aromatic rings. The number of nitrogens with one attached hydrogen (secondary N) is 2. The Kier molecular flexibility index (Phi) is 4.88. The van der Waals surface area contributed by atoms with E-state index in [-0.39, 0.29) is 29.3 Å². The van der Waals surface area contributed by atoms with Crippen LogP contribution in [0.5, 0.6) is 0 Å². The number of imidazole rings is 1. The average molecular weight is 456 g/mol. The van der Waals surface area contributed by atoms with Gasteiger partial charge in [-0.1, -0.05) is 0 Å². The molecule has 0 radical (unpaired) electrons. The van der Waals surface area contributed by atoms with Crippen molar-refractivity contribution in [2.75, 3.05) is 0 Å². The van der Waals surface area contributed by atoms with E-state index in [1.54, 1.807) is 6.20 Å². The largest absolute Gasteiger partial charge is 0.350 e. The third-order valence-electron chi connectivity index (χ3n) is 8.67. The zero-order valence-corrected chi connectivity index (χ0v) is 19.3. The lowest BCUT2D eigenvalue weighted by Crippen LogP contribution is -2.46. The van der Waals surface area contributed by atoms with Crippen molar-refractivity contribution < 1.29 is 4.79 Å². The molecule has 0 atom stereocenters. The van der Waals surface area contributed by atoms with E-state index in [1.807, 2.05) is 12.3 Å². The Morgan fingerprint density at radius 1 is 1.21 bits per heavy atom. The molecule has 34 heavy (non-hydrogen) atoms. The molecule has 3 saturated carbocycles. The summed E-state index contributed by atoms with van der Waals surface area (Å²) < 4.78 is 2.29. The van der Waals surface area contributed by atoms with Gasteiger partial charge in [-0.25, -0.2) is 9.97 Å². The lowest BCUT2D eigenvalue weighted by molar-refractivity contribution is -0.122. The van der Waals surface area contributed by atoms with Crippen LogP contribution in [0.2, 0.25) is 0 Å². The van der Waals surface area contributed by atoms with E-state index in [4.69, 9.17) is 10.2 Å². The van der Waals surface area contributed by atoms with Crippen LogP contribution < -0.4 is 5.32 Å². The number of H-pyrrole nitrogens is 1. The van der Waals surface area contributed by atoms with Gasteiger partial charge in [-0.2, -0.15) is 10.5 Å². The molecular weight excluding hydrogens is 426 g/mol. The van der Waals surface area contributed by atoms with E-state index in [0.29, 0.717) is 12.3 Å². The van der Waals surface area contributed by atoms with Crippen molar-refractivity contribution in [3.8, 4) is 12.1 Å². The fraction of sp³-hybridized carbons (Fsp3) is 0.577. The molecule has 0 aliphatic heterocycles. The number of amides is 1. The van der Waals surface area contributed by atoms with Crippen LogP contribution in [0.25, 0.3) is 22.1 Å². The Labute approximate surface area is 198 Å². The highest BCUT2D eigenvalue weighted by Gasteiger charge is 2.55. The number of fused-ring (bicyclic) bond motifs is 5. The first-order valence-electron chi connectivity index (χ1n) is 12.5. The molecule has 3 aliphatic rings. The number of hydrogen-bond acceptors (Lipinski definition) is 5. The van der Waals surface area contributed by atoms with E-state index < -0.39 is 0 Å². The van der Waals surface area contributed by atoms with E-state index in [1.165, 1.54) is 0 Å². The Morgan fingerprint density at radius 3 is 2.71 bits per heavy atom. The van der Waals surface area contributed by atoms with Gasteiger partial charge in [0.1, 0.15) is 17.0 Å². The van der Waals surface area contributed by atoms with Crippen molar-refractivity contribution in [3.05, 3.63) is 24.3 Å². The fourth-order valence-electron chi connectivity index (χ4n) is 6.91. The van der Waals surface area contributed by atoms with Crippen molar-refractivity contribution in [1.82, 2.24) is 24.8 Å². The van der Waals surface area contributed by atoms with Gasteiger partial charge in [0.2, 0.25) is 5.91 Å². The fourth-order valence-corrected chi connectivity index (χ4v) is 6.91. The van der Waals surface area contributed by atoms with Gasteiger partial charge in [-0.05, 0) is 69.8 Å². The molecule has 174 valence electrons. The summed E-state index contributed by atoms with van der Waals surface area (Å²) in [6.07, 6.45) is 12.8. The molecule has 2 bridgehead atoms. The van der Waals surface area contributed by atoms with Crippen LogP contribution in [0, 0.1) is 34.0 Å². The smallest absolute Gasteiger partial charge is 0.228 e. The zero-order chi connectivity index (χ0) is 23.3. The first-order valence-corrected chi connectivity index (χ1v) is 12.5. The molecule has 3 fully saturated rings. The van der Waals surface area contributed by atoms with Crippen LogP contribution in [-0.4, -0.2) is 31.0 Å². The number of nitriles is 2. The summed E-state index contributed by atoms with van der Waals surface area (Å²) in [6, 6.07) is 7.13. The Morgan fingerprint density at radius 2 is 2.00 bits per heavy atom. The predicted octanol–water partition coefficient (Wildman–Crippen LogP) is 4.44. The second-order valence-corrected chi connectivity index (χ2v) is 10.7. The second-order valence-electron chi connectivity index (χ2n) is 10.7. The maximum atomic E-state index is 13.3. The molecule has 2 N–H and O–H groups in total. The van der Waals surface area contributed by atoms with Gasteiger partial charge in [0.25, 0.3) is 0 Å². The first-order chi connectivity index (χ1) is 16.5.